The predicted octanol–water partition coefficient (Wildman–Crippen LogP) is 4.24. The van der Waals surface area contributed by atoms with Crippen molar-refractivity contribution in [2.24, 2.45) is 13.0 Å². The molecule has 0 unspecified atom stereocenters. The number of carbonyl (C=O) groups is 1. The number of likely N-dealkylation sites (tertiary alicyclic amines) is 1. The molecule has 2 heterocycles. The molecule has 0 amide bonds. The molecule has 0 aliphatic carbocycles. The molecular formula is C24H27N3O2. The lowest BCUT2D eigenvalue weighted by Crippen LogP contribution is -2.34. The monoisotopic (exact) mass is 389 g/mol. The zero-order valence-corrected chi connectivity index (χ0v) is 16.8. The number of carboxylic acids is 1. The van der Waals surface area contributed by atoms with Crippen LogP contribution in [0.2, 0.25) is 0 Å². The van der Waals surface area contributed by atoms with Gasteiger partial charge in [-0.1, -0.05) is 42.5 Å². The molecule has 0 saturated carbocycles. The highest BCUT2D eigenvalue weighted by atomic mass is 16.4. The van der Waals surface area contributed by atoms with Gasteiger partial charge < -0.3 is 5.11 Å². The van der Waals surface area contributed by atoms with E-state index in [1.54, 1.807) is 12.1 Å². The minimum absolute atomic E-state index is 0.343. The second-order valence-corrected chi connectivity index (χ2v) is 7.92. The first-order valence-corrected chi connectivity index (χ1v) is 10.2. The Bertz CT molecular complexity index is 970. The molecule has 0 bridgehead atoms. The topological polar surface area (TPSA) is 58.4 Å². The van der Waals surface area contributed by atoms with Crippen LogP contribution >= 0.6 is 0 Å². The number of piperidine rings is 1. The van der Waals surface area contributed by atoms with Gasteiger partial charge in [0.15, 0.2) is 0 Å². The van der Waals surface area contributed by atoms with Crippen molar-refractivity contribution in [3.8, 4) is 11.1 Å². The smallest absolute Gasteiger partial charge is 0.336 e. The molecule has 1 aliphatic rings. The number of rotatable bonds is 6. The van der Waals surface area contributed by atoms with Crippen LogP contribution in [0, 0.1) is 5.92 Å². The Hall–Kier alpha value is -2.92. The summed E-state index contributed by atoms with van der Waals surface area (Å²) in [5.74, 6) is -0.157. The van der Waals surface area contributed by atoms with Crippen LogP contribution in [0.1, 0.15) is 34.5 Å². The third-order valence-electron chi connectivity index (χ3n) is 5.96. The highest BCUT2D eigenvalue weighted by Crippen LogP contribution is 2.26. The lowest BCUT2D eigenvalue weighted by Gasteiger charge is -2.32. The minimum atomic E-state index is -0.890. The van der Waals surface area contributed by atoms with Crippen LogP contribution in [0.15, 0.2) is 60.8 Å². The molecule has 1 aromatic heterocycles. The van der Waals surface area contributed by atoms with Crippen molar-refractivity contribution in [2.45, 2.75) is 25.8 Å². The Morgan fingerprint density at radius 3 is 2.45 bits per heavy atom. The van der Waals surface area contributed by atoms with E-state index in [2.05, 4.69) is 28.2 Å². The summed E-state index contributed by atoms with van der Waals surface area (Å²) in [6, 6.07) is 17.6. The summed E-state index contributed by atoms with van der Waals surface area (Å²) in [7, 11) is 2.02. The van der Waals surface area contributed by atoms with Gasteiger partial charge in [-0.05, 0) is 67.1 Å². The van der Waals surface area contributed by atoms with E-state index in [1.807, 2.05) is 42.2 Å². The molecule has 150 valence electrons. The quantitative estimate of drug-likeness (QED) is 0.685. The van der Waals surface area contributed by atoms with E-state index >= 15 is 0 Å². The average Bonchev–Trinajstić information content (AvgIpc) is 3.14. The van der Waals surface area contributed by atoms with E-state index in [-0.39, 0.29) is 0 Å². The van der Waals surface area contributed by atoms with Gasteiger partial charge in [0.1, 0.15) is 0 Å². The minimum Gasteiger partial charge on any atom is -0.478 e. The van der Waals surface area contributed by atoms with Gasteiger partial charge in [0.25, 0.3) is 0 Å². The number of carboxylic acid groups (broad SMARTS) is 1. The fourth-order valence-electron chi connectivity index (χ4n) is 4.22. The highest BCUT2D eigenvalue weighted by Gasteiger charge is 2.20. The van der Waals surface area contributed by atoms with Crippen molar-refractivity contribution in [2.75, 3.05) is 13.1 Å². The van der Waals surface area contributed by atoms with Crippen LogP contribution in [0.4, 0.5) is 0 Å². The SMILES string of the molecule is Cn1nccc1CC1CCN(Cc2ccc(-c3ccccc3C(=O)O)cc2)CC1. The Morgan fingerprint density at radius 2 is 1.79 bits per heavy atom. The van der Waals surface area contributed by atoms with Gasteiger partial charge in [0, 0.05) is 25.5 Å². The summed E-state index contributed by atoms with van der Waals surface area (Å²) >= 11 is 0. The van der Waals surface area contributed by atoms with Crippen LogP contribution in [-0.2, 0) is 20.0 Å². The Kier molecular flexibility index (Phi) is 5.76. The standard InChI is InChI=1S/C24H27N3O2/c1-26-21(10-13-25-26)16-18-11-14-27(15-12-18)17-19-6-8-20(9-7-19)22-4-2-3-5-23(22)24(28)29/h2-10,13,18H,11-12,14-17H2,1H3,(H,28,29). The molecule has 5 nitrogen and oxygen atoms in total. The number of aromatic nitrogens is 2. The molecule has 3 aromatic rings. The van der Waals surface area contributed by atoms with Crippen LogP contribution in [0.5, 0.6) is 0 Å². The summed E-state index contributed by atoms with van der Waals surface area (Å²) < 4.78 is 1.98. The van der Waals surface area contributed by atoms with Crippen molar-refractivity contribution in [1.82, 2.24) is 14.7 Å². The van der Waals surface area contributed by atoms with Gasteiger partial charge >= 0.3 is 5.97 Å². The molecule has 5 heteroatoms. The maximum atomic E-state index is 11.5. The highest BCUT2D eigenvalue weighted by molar-refractivity contribution is 5.95. The number of benzene rings is 2. The zero-order chi connectivity index (χ0) is 20.2. The second-order valence-electron chi connectivity index (χ2n) is 7.92. The lowest BCUT2D eigenvalue weighted by molar-refractivity contribution is 0.0697. The summed E-state index contributed by atoms with van der Waals surface area (Å²) in [6.45, 7) is 3.18. The van der Waals surface area contributed by atoms with E-state index in [1.165, 1.54) is 24.1 Å². The van der Waals surface area contributed by atoms with Gasteiger partial charge in [-0.15, -0.1) is 0 Å². The molecule has 1 aliphatic heterocycles. The van der Waals surface area contributed by atoms with E-state index in [4.69, 9.17) is 0 Å². The van der Waals surface area contributed by atoms with Crippen LogP contribution < -0.4 is 0 Å². The van der Waals surface area contributed by atoms with E-state index in [0.717, 1.165) is 43.1 Å². The predicted molar refractivity (Wildman–Crippen MR) is 114 cm³/mol. The van der Waals surface area contributed by atoms with Gasteiger partial charge in [0.2, 0.25) is 0 Å². The molecule has 1 saturated heterocycles. The van der Waals surface area contributed by atoms with Crippen molar-refractivity contribution in [1.29, 1.82) is 0 Å². The summed E-state index contributed by atoms with van der Waals surface area (Å²) in [4.78, 5) is 14.0. The van der Waals surface area contributed by atoms with Crippen molar-refractivity contribution in [3.63, 3.8) is 0 Å². The first-order chi connectivity index (χ1) is 14.1. The molecular weight excluding hydrogens is 362 g/mol. The fraction of sp³-hybridized carbons (Fsp3) is 0.333. The fourth-order valence-corrected chi connectivity index (χ4v) is 4.22. The van der Waals surface area contributed by atoms with Gasteiger partial charge in [-0.25, -0.2) is 4.79 Å². The van der Waals surface area contributed by atoms with Crippen molar-refractivity contribution in [3.05, 3.63) is 77.6 Å². The molecule has 0 spiro atoms. The number of hydrogen-bond donors (Lipinski definition) is 1. The Labute approximate surface area is 171 Å². The van der Waals surface area contributed by atoms with Gasteiger partial charge in [-0.2, -0.15) is 5.10 Å². The lowest BCUT2D eigenvalue weighted by atomic mass is 9.92. The maximum Gasteiger partial charge on any atom is 0.336 e. The van der Waals surface area contributed by atoms with Crippen LogP contribution in [0.25, 0.3) is 11.1 Å². The first kappa shape index (κ1) is 19.4. The van der Waals surface area contributed by atoms with E-state index in [9.17, 15) is 9.90 Å². The van der Waals surface area contributed by atoms with E-state index in [0.29, 0.717) is 5.56 Å². The first-order valence-electron chi connectivity index (χ1n) is 10.2. The van der Waals surface area contributed by atoms with Crippen LogP contribution in [-0.4, -0.2) is 38.8 Å². The molecule has 0 radical (unpaired) electrons. The number of hydrogen-bond acceptors (Lipinski definition) is 3. The maximum absolute atomic E-state index is 11.5. The molecule has 4 rings (SSSR count). The van der Waals surface area contributed by atoms with Gasteiger partial charge in [-0.3, -0.25) is 9.58 Å². The largest absolute Gasteiger partial charge is 0.478 e. The Morgan fingerprint density at radius 1 is 1.07 bits per heavy atom. The summed E-state index contributed by atoms with van der Waals surface area (Å²) in [5.41, 5.74) is 4.65. The number of aryl methyl sites for hydroxylation is 1. The third kappa shape index (κ3) is 4.57. The number of aromatic carboxylic acids is 1. The summed E-state index contributed by atoms with van der Waals surface area (Å²) in [5, 5.41) is 13.7. The molecule has 29 heavy (non-hydrogen) atoms. The Balaban J connectivity index is 1.34. The molecule has 1 N–H and O–H groups in total. The molecule has 2 aromatic carbocycles. The average molecular weight is 389 g/mol. The molecule has 1 fully saturated rings. The zero-order valence-electron chi connectivity index (χ0n) is 16.8. The second kappa shape index (κ2) is 8.62. The van der Waals surface area contributed by atoms with Crippen molar-refractivity contribution >= 4 is 5.97 Å². The molecule has 0 atom stereocenters. The number of nitrogens with zero attached hydrogens (tertiary/aromatic N) is 3. The third-order valence-corrected chi connectivity index (χ3v) is 5.96. The van der Waals surface area contributed by atoms with Crippen molar-refractivity contribution < 1.29 is 9.90 Å². The van der Waals surface area contributed by atoms with E-state index < -0.39 is 5.97 Å². The van der Waals surface area contributed by atoms with Crippen LogP contribution in [0.3, 0.4) is 0 Å². The normalized spacial score (nSPS) is 15.5. The summed E-state index contributed by atoms with van der Waals surface area (Å²) in [6.07, 6.45) is 5.43. The van der Waals surface area contributed by atoms with Gasteiger partial charge in [0.05, 0.1) is 5.56 Å².